The third-order valence-electron chi connectivity index (χ3n) is 1.72. The van der Waals surface area contributed by atoms with Gasteiger partial charge >= 0.3 is 6.09 Å². The molecule has 0 saturated heterocycles. The Hall–Kier alpha value is -1.69. The number of carbonyl (C=O) groups excluding carboxylic acids is 1. The van der Waals surface area contributed by atoms with Gasteiger partial charge in [-0.15, -0.1) is 0 Å². The fraction of sp³-hybridized carbons (Fsp3) is 0.545. The first-order valence-corrected chi connectivity index (χ1v) is 5.32. The molecule has 6 nitrogen and oxygen atoms in total. The van der Waals surface area contributed by atoms with Gasteiger partial charge in [-0.3, -0.25) is 5.32 Å². The molecule has 0 radical (unpaired) electrons. The fourth-order valence-corrected chi connectivity index (χ4v) is 1.07. The highest BCUT2D eigenvalue weighted by Crippen LogP contribution is 2.08. The maximum atomic E-state index is 11.4. The molecule has 0 spiro atoms. The van der Waals surface area contributed by atoms with Crippen LogP contribution in [0.15, 0.2) is 12.4 Å². The van der Waals surface area contributed by atoms with Crippen molar-refractivity contribution in [1.29, 1.82) is 0 Å². The van der Waals surface area contributed by atoms with Crippen molar-refractivity contribution in [2.75, 3.05) is 11.9 Å². The molecule has 94 valence electrons. The summed E-state index contributed by atoms with van der Waals surface area (Å²) in [6.07, 6.45) is 3.01. The molecule has 17 heavy (non-hydrogen) atoms. The quantitative estimate of drug-likeness (QED) is 0.832. The zero-order chi connectivity index (χ0) is 12.9. The number of rotatable bonds is 3. The number of aliphatic hydroxyl groups excluding tert-OH is 1. The largest absolute Gasteiger partial charge is 0.444 e. The van der Waals surface area contributed by atoms with Gasteiger partial charge in [0.2, 0.25) is 5.95 Å². The van der Waals surface area contributed by atoms with E-state index in [9.17, 15) is 4.79 Å². The van der Waals surface area contributed by atoms with Crippen LogP contribution < -0.4 is 5.32 Å². The maximum absolute atomic E-state index is 11.4. The van der Waals surface area contributed by atoms with Gasteiger partial charge in [-0.05, 0) is 32.8 Å². The van der Waals surface area contributed by atoms with Gasteiger partial charge in [-0.1, -0.05) is 0 Å². The predicted octanol–water partition coefficient (Wildman–Crippen LogP) is 1.36. The topological polar surface area (TPSA) is 84.3 Å². The molecule has 0 fully saturated rings. The number of aromatic nitrogens is 2. The Morgan fingerprint density at radius 3 is 2.47 bits per heavy atom. The van der Waals surface area contributed by atoms with Crippen LogP contribution in [-0.4, -0.2) is 33.4 Å². The molecular formula is C11H17N3O3. The lowest BCUT2D eigenvalue weighted by molar-refractivity contribution is 0.0634. The highest BCUT2D eigenvalue weighted by atomic mass is 16.6. The first-order valence-electron chi connectivity index (χ1n) is 5.32. The van der Waals surface area contributed by atoms with E-state index >= 15 is 0 Å². The van der Waals surface area contributed by atoms with Gasteiger partial charge in [-0.2, -0.15) is 0 Å². The Morgan fingerprint density at radius 2 is 2.00 bits per heavy atom. The van der Waals surface area contributed by atoms with Crippen LogP contribution in [0, 0.1) is 0 Å². The average molecular weight is 239 g/mol. The summed E-state index contributed by atoms with van der Waals surface area (Å²) >= 11 is 0. The molecule has 2 N–H and O–H groups in total. The van der Waals surface area contributed by atoms with Crippen LogP contribution in [-0.2, 0) is 11.2 Å². The highest BCUT2D eigenvalue weighted by molar-refractivity contribution is 5.82. The van der Waals surface area contributed by atoms with Crippen LogP contribution in [0.3, 0.4) is 0 Å². The lowest BCUT2D eigenvalue weighted by atomic mass is 10.2. The number of hydrogen-bond donors (Lipinski definition) is 2. The average Bonchev–Trinajstić information content (AvgIpc) is 2.18. The monoisotopic (exact) mass is 239 g/mol. The first kappa shape index (κ1) is 13.4. The minimum atomic E-state index is -0.590. The van der Waals surface area contributed by atoms with Gasteiger partial charge in [0, 0.05) is 19.0 Å². The van der Waals surface area contributed by atoms with Crippen molar-refractivity contribution >= 4 is 12.0 Å². The SMILES string of the molecule is CC(C)(C)OC(=O)Nc1ncc(CCO)cn1. The van der Waals surface area contributed by atoms with Gasteiger partial charge in [-0.25, -0.2) is 14.8 Å². The number of hydrogen-bond acceptors (Lipinski definition) is 5. The van der Waals surface area contributed by atoms with E-state index in [1.165, 1.54) is 0 Å². The molecule has 0 aromatic carbocycles. The number of nitrogens with one attached hydrogen (secondary N) is 1. The van der Waals surface area contributed by atoms with Gasteiger partial charge in [0.15, 0.2) is 0 Å². The number of aliphatic hydroxyl groups is 1. The van der Waals surface area contributed by atoms with Crippen LogP contribution in [0.2, 0.25) is 0 Å². The molecule has 0 unspecified atom stereocenters. The van der Waals surface area contributed by atoms with Crippen molar-refractivity contribution in [2.45, 2.75) is 32.8 Å². The Labute approximate surface area is 100 Å². The summed E-state index contributed by atoms with van der Waals surface area (Å²) in [6, 6.07) is 0. The Balaban J connectivity index is 2.54. The Bertz CT molecular complexity index is 371. The smallest absolute Gasteiger partial charge is 0.414 e. The van der Waals surface area contributed by atoms with Crippen molar-refractivity contribution in [2.24, 2.45) is 0 Å². The van der Waals surface area contributed by atoms with Crippen molar-refractivity contribution in [1.82, 2.24) is 9.97 Å². The number of nitrogens with zero attached hydrogens (tertiary/aromatic N) is 2. The number of ether oxygens (including phenoxy) is 1. The summed E-state index contributed by atoms with van der Waals surface area (Å²) < 4.78 is 5.05. The van der Waals surface area contributed by atoms with E-state index < -0.39 is 11.7 Å². The number of carbonyl (C=O) groups is 1. The summed E-state index contributed by atoms with van der Waals surface area (Å²) in [4.78, 5) is 19.3. The normalized spacial score (nSPS) is 11.1. The molecule has 6 heteroatoms. The van der Waals surface area contributed by atoms with Crippen LogP contribution in [0.25, 0.3) is 0 Å². The Kier molecular flexibility index (Phi) is 4.39. The van der Waals surface area contributed by atoms with Gasteiger partial charge in [0.05, 0.1) is 0 Å². The van der Waals surface area contributed by atoms with Crippen molar-refractivity contribution < 1.29 is 14.6 Å². The highest BCUT2D eigenvalue weighted by Gasteiger charge is 2.16. The zero-order valence-electron chi connectivity index (χ0n) is 10.2. The van der Waals surface area contributed by atoms with Gasteiger partial charge < -0.3 is 9.84 Å². The van der Waals surface area contributed by atoms with Crippen molar-refractivity contribution in [3.8, 4) is 0 Å². The van der Waals surface area contributed by atoms with Crippen LogP contribution in [0.5, 0.6) is 0 Å². The van der Waals surface area contributed by atoms with E-state index in [1.807, 2.05) is 0 Å². The lowest BCUT2D eigenvalue weighted by Gasteiger charge is -2.19. The molecule has 0 bridgehead atoms. The molecule has 1 rings (SSSR count). The third kappa shape index (κ3) is 5.26. The second kappa shape index (κ2) is 5.58. The van der Waals surface area contributed by atoms with Crippen molar-refractivity contribution in [3.63, 3.8) is 0 Å². The summed E-state index contributed by atoms with van der Waals surface area (Å²) in [6.45, 7) is 5.37. The zero-order valence-corrected chi connectivity index (χ0v) is 10.2. The molecule has 0 atom stereocenters. The summed E-state index contributed by atoms with van der Waals surface area (Å²) in [5.74, 6) is 0.181. The number of anilines is 1. The maximum Gasteiger partial charge on any atom is 0.414 e. The number of amides is 1. The summed E-state index contributed by atoms with van der Waals surface area (Å²) in [7, 11) is 0. The van der Waals surface area contributed by atoms with Crippen LogP contribution >= 0.6 is 0 Å². The van der Waals surface area contributed by atoms with E-state index in [2.05, 4.69) is 15.3 Å². The minimum absolute atomic E-state index is 0.0439. The molecule has 1 aromatic heterocycles. The van der Waals surface area contributed by atoms with Gasteiger partial charge in [0.1, 0.15) is 5.60 Å². The van der Waals surface area contributed by atoms with Crippen molar-refractivity contribution in [3.05, 3.63) is 18.0 Å². The molecule has 1 heterocycles. The standard InChI is InChI=1S/C11H17N3O3/c1-11(2,3)17-10(16)14-9-12-6-8(4-5-15)7-13-9/h6-7,15H,4-5H2,1-3H3,(H,12,13,14,16). The second-order valence-corrected chi connectivity index (χ2v) is 4.52. The van der Waals surface area contributed by atoms with E-state index in [-0.39, 0.29) is 12.6 Å². The van der Waals surface area contributed by atoms with Crippen LogP contribution in [0.1, 0.15) is 26.3 Å². The van der Waals surface area contributed by atoms with E-state index in [1.54, 1.807) is 33.2 Å². The summed E-state index contributed by atoms with van der Waals surface area (Å²) in [5.41, 5.74) is 0.253. The van der Waals surface area contributed by atoms with Gasteiger partial charge in [0.25, 0.3) is 0 Å². The minimum Gasteiger partial charge on any atom is -0.444 e. The van der Waals surface area contributed by atoms with Crippen LogP contribution in [0.4, 0.5) is 10.7 Å². The van der Waals surface area contributed by atoms with E-state index in [0.717, 1.165) is 5.56 Å². The first-order chi connectivity index (χ1) is 7.90. The van der Waals surface area contributed by atoms with E-state index in [4.69, 9.17) is 9.84 Å². The fourth-order valence-electron chi connectivity index (χ4n) is 1.07. The molecule has 1 aromatic rings. The molecule has 0 saturated carbocycles. The molecule has 0 aliphatic carbocycles. The third-order valence-corrected chi connectivity index (χ3v) is 1.72. The molecule has 1 amide bonds. The second-order valence-electron chi connectivity index (χ2n) is 4.52. The van der Waals surface area contributed by atoms with E-state index in [0.29, 0.717) is 6.42 Å². The molecule has 0 aliphatic rings. The summed E-state index contributed by atoms with van der Waals surface area (Å²) in [5, 5.41) is 11.1. The molecular weight excluding hydrogens is 222 g/mol. The molecule has 0 aliphatic heterocycles. The lowest BCUT2D eigenvalue weighted by Crippen LogP contribution is -2.27. The Morgan fingerprint density at radius 1 is 1.41 bits per heavy atom. The predicted molar refractivity (Wildman–Crippen MR) is 62.7 cm³/mol.